The number of halogens is 1. The van der Waals surface area contributed by atoms with Crippen LogP contribution >= 0.6 is 0 Å². The quantitative estimate of drug-likeness (QED) is 0.285. The minimum Gasteiger partial charge on any atom is -0.494 e. The van der Waals surface area contributed by atoms with Gasteiger partial charge in [0.25, 0.3) is 5.91 Å². The zero-order valence-corrected chi connectivity index (χ0v) is 12.4. The van der Waals surface area contributed by atoms with Gasteiger partial charge in [-0.3, -0.25) is 14.6 Å². The van der Waals surface area contributed by atoms with E-state index in [2.05, 4.69) is 5.43 Å². The molecule has 0 saturated carbocycles. The lowest BCUT2D eigenvalue weighted by molar-refractivity contribution is 0.0953. The molecule has 0 aliphatic carbocycles. The van der Waals surface area contributed by atoms with Crippen molar-refractivity contribution in [2.75, 3.05) is 13.3 Å². The van der Waals surface area contributed by atoms with E-state index >= 15 is 0 Å². The number of carbonyl (C=O) groups excluding carboxylic acids is 1. The molecule has 118 valence electrons. The summed E-state index contributed by atoms with van der Waals surface area (Å²) in [5.41, 5.74) is 2.60. The first-order valence-electron chi connectivity index (χ1n) is 7.57. The van der Waals surface area contributed by atoms with Crippen molar-refractivity contribution < 1.29 is 13.9 Å². The number of hydrogen-bond acceptors (Lipinski definition) is 3. The van der Waals surface area contributed by atoms with Crippen molar-refractivity contribution in [3.63, 3.8) is 0 Å². The molecule has 0 aliphatic heterocycles. The number of alkyl halides is 1. The lowest BCUT2D eigenvalue weighted by Gasteiger charge is -2.07. The SMILES string of the molecule is NNC(=O)c1ccc(OCCCCCCCCCF)cc1. The van der Waals surface area contributed by atoms with Crippen LogP contribution in [-0.2, 0) is 0 Å². The number of unbranched alkanes of at least 4 members (excludes halogenated alkanes) is 6. The summed E-state index contributed by atoms with van der Waals surface area (Å²) in [7, 11) is 0. The van der Waals surface area contributed by atoms with Crippen LogP contribution < -0.4 is 16.0 Å². The molecule has 3 N–H and O–H groups in total. The van der Waals surface area contributed by atoms with E-state index in [9.17, 15) is 9.18 Å². The Bertz CT molecular complexity index is 396. The summed E-state index contributed by atoms with van der Waals surface area (Å²) in [6.07, 6.45) is 7.29. The van der Waals surface area contributed by atoms with Crippen LogP contribution in [0.25, 0.3) is 0 Å². The lowest BCUT2D eigenvalue weighted by atomic mass is 10.1. The second kappa shape index (κ2) is 11.1. The van der Waals surface area contributed by atoms with E-state index in [0.717, 1.165) is 31.4 Å². The maximum atomic E-state index is 11.9. The number of benzene rings is 1. The molecule has 1 amide bonds. The van der Waals surface area contributed by atoms with Crippen LogP contribution in [0.3, 0.4) is 0 Å². The van der Waals surface area contributed by atoms with Crippen LogP contribution in [0.5, 0.6) is 5.75 Å². The number of nitrogens with two attached hydrogens (primary N) is 1. The normalized spacial score (nSPS) is 10.4. The number of rotatable bonds is 11. The molecule has 0 aromatic heterocycles. The van der Waals surface area contributed by atoms with Gasteiger partial charge in [0.2, 0.25) is 0 Å². The molecule has 1 rings (SSSR count). The Balaban J connectivity index is 2.06. The van der Waals surface area contributed by atoms with Crippen LogP contribution in [0.1, 0.15) is 55.3 Å². The van der Waals surface area contributed by atoms with Crippen LogP contribution in [0.4, 0.5) is 4.39 Å². The highest BCUT2D eigenvalue weighted by molar-refractivity contribution is 5.93. The monoisotopic (exact) mass is 296 g/mol. The fourth-order valence-electron chi connectivity index (χ4n) is 2.06. The molecule has 0 radical (unpaired) electrons. The zero-order valence-electron chi connectivity index (χ0n) is 12.4. The molecule has 21 heavy (non-hydrogen) atoms. The maximum Gasteiger partial charge on any atom is 0.265 e. The van der Waals surface area contributed by atoms with Gasteiger partial charge in [-0.1, -0.05) is 32.1 Å². The standard InChI is InChI=1S/C16H25FN2O2/c17-12-6-4-2-1-3-5-7-13-21-15-10-8-14(9-11-15)16(20)19-18/h8-11H,1-7,12-13,18H2,(H,19,20). The van der Waals surface area contributed by atoms with Gasteiger partial charge in [-0.2, -0.15) is 0 Å². The van der Waals surface area contributed by atoms with Crippen molar-refractivity contribution in [3.8, 4) is 5.75 Å². The smallest absolute Gasteiger partial charge is 0.265 e. The Hall–Kier alpha value is -1.62. The minimum absolute atomic E-state index is 0.195. The molecule has 0 heterocycles. The number of carbonyl (C=O) groups is 1. The van der Waals surface area contributed by atoms with Gasteiger partial charge >= 0.3 is 0 Å². The second-order valence-corrected chi connectivity index (χ2v) is 5.01. The van der Waals surface area contributed by atoms with E-state index in [4.69, 9.17) is 10.6 Å². The predicted octanol–water partition coefficient (Wildman–Crippen LogP) is 3.37. The minimum atomic E-state index is -0.311. The van der Waals surface area contributed by atoms with E-state index in [1.54, 1.807) is 24.3 Å². The van der Waals surface area contributed by atoms with Crippen molar-refractivity contribution in [3.05, 3.63) is 29.8 Å². The highest BCUT2D eigenvalue weighted by atomic mass is 19.1. The third-order valence-corrected chi connectivity index (χ3v) is 3.29. The molecule has 0 spiro atoms. The molecule has 0 saturated heterocycles. The first-order chi connectivity index (χ1) is 10.3. The van der Waals surface area contributed by atoms with Gasteiger partial charge in [-0.25, -0.2) is 5.84 Å². The highest BCUT2D eigenvalue weighted by Gasteiger charge is 2.02. The molecular weight excluding hydrogens is 271 g/mol. The fraction of sp³-hybridized carbons (Fsp3) is 0.562. The summed E-state index contributed by atoms with van der Waals surface area (Å²) < 4.78 is 17.5. The lowest BCUT2D eigenvalue weighted by Crippen LogP contribution is -2.29. The van der Waals surface area contributed by atoms with E-state index < -0.39 is 0 Å². The molecule has 0 unspecified atom stereocenters. The van der Waals surface area contributed by atoms with E-state index in [1.165, 1.54) is 12.8 Å². The van der Waals surface area contributed by atoms with Crippen LogP contribution in [-0.4, -0.2) is 19.2 Å². The average Bonchev–Trinajstić information content (AvgIpc) is 2.53. The highest BCUT2D eigenvalue weighted by Crippen LogP contribution is 2.13. The summed E-state index contributed by atoms with van der Waals surface area (Å²) in [5, 5.41) is 0. The molecule has 0 bridgehead atoms. The first kappa shape index (κ1) is 17.4. The van der Waals surface area contributed by atoms with Crippen LogP contribution in [0.15, 0.2) is 24.3 Å². The third kappa shape index (κ3) is 7.66. The van der Waals surface area contributed by atoms with Crippen LogP contribution in [0.2, 0.25) is 0 Å². The van der Waals surface area contributed by atoms with Gasteiger partial charge in [-0.05, 0) is 37.1 Å². The largest absolute Gasteiger partial charge is 0.494 e. The third-order valence-electron chi connectivity index (χ3n) is 3.29. The molecular formula is C16H25FN2O2. The molecule has 0 atom stereocenters. The van der Waals surface area contributed by atoms with Crippen LogP contribution in [0, 0.1) is 0 Å². The Morgan fingerprint density at radius 3 is 2.14 bits per heavy atom. The number of nitrogen functional groups attached to an aromatic ring is 1. The molecule has 1 aromatic rings. The number of amides is 1. The Labute approximate surface area is 125 Å². The van der Waals surface area contributed by atoms with E-state index in [-0.39, 0.29) is 12.6 Å². The first-order valence-corrected chi connectivity index (χ1v) is 7.57. The van der Waals surface area contributed by atoms with Crippen molar-refractivity contribution in [2.24, 2.45) is 5.84 Å². The Morgan fingerprint density at radius 2 is 1.57 bits per heavy atom. The summed E-state index contributed by atoms with van der Waals surface area (Å²) in [6, 6.07) is 6.90. The average molecular weight is 296 g/mol. The summed E-state index contributed by atoms with van der Waals surface area (Å²) >= 11 is 0. The topological polar surface area (TPSA) is 64.3 Å². The number of hydrazine groups is 1. The number of hydrogen-bond donors (Lipinski definition) is 2. The van der Waals surface area contributed by atoms with Gasteiger partial charge in [-0.15, -0.1) is 0 Å². The zero-order chi connectivity index (χ0) is 15.3. The van der Waals surface area contributed by atoms with Gasteiger partial charge in [0.15, 0.2) is 0 Å². The predicted molar refractivity (Wildman–Crippen MR) is 81.9 cm³/mol. The van der Waals surface area contributed by atoms with Crippen molar-refractivity contribution >= 4 is 5.91 Å². The Kier molecular flexibility index (Phi) is 9.20. The van der Waals surface area contributed by atoms with Crippen molar-refractivity contribution in [1.29, 1.82) is 0 Å². The molecule has 0 fully saturated rings. The van der Waals surface area contributed by atoms with Gasteiger partial charge in [0.1, 0.15) is 5.75 Å². The second-order valence-electron chi connectivity index (χ2n) is 5.01. The molecule has 5 heteroatoms. The summed E-state index contributed by atoms with van der Waals surface area (Å²) in [5.74, 6) is 5.50. The summed E-state index contributed by atoms with van der Waals surface area (Å²) in [6.45, 7) is 0.479. The summed E-state index contributed by atoms with van der Waals surface area (Å²) in [4.78, 5) is 11.3. The Morgan fingerprint density at radius 1 is 1.00 bits per heavy atom. The molecule has 0 aliphatic rings. The number of ether oxygens (including phenoxy) is 1. The molecule has 4 nitrogen and oxygen atoms in total. The van der Waals surface area contributed by atoms with E-state index in [0.29, 0.717) is 18.6 Å². The fourth-order valence-corrected chi connectivity index (χ4v) is 2.06. The number of nitrogens with one attached hydrogen (secondary N) is 1. The maximum absolute atomic E-state index is 11.9. The van der Waals surface area contributed by atoms with Gasteiger partial charge in [0, 0.05) is 5.56 Å². The van der Waals surface area contributed by atoms with Crippen molar-refractivity contribution in [1.82, 2.24) is 5.43 Å². The van der Waals surface area contributed by atoms with E-state index in [1.807, 2.05) is 0 Å². The van der Waals surface area contributed by atoms with Gasteiger partial charge in [0.05, 0.1) is 13.3 Å². The van der Waals surface area contributed by atoms with Crippen molar-refractivity contribution in [2.45, 2.75) is 44.9 Å². The molecule has 1 aromatic carbocycles. The van der Waals surface area contributed by atoms with Gasteiger partial charge < -0.3 is 4.74 Å².